The molecule has 1 aliphatic rings. The normalized spacial score (nSPS) is 29.6. The van der Waals surface area contributed by atoms with Gasteiger partial charge >= 0.3 is 0 Å². The lowest BCUT2D eigenvalue weighted by atomic mass is 10.5. The first-order valence-corrected chi connectivity index (χ1v) is 3.26. The van der Waals surface area contributed by atoms with Crippen LogP contribution in [0.25, 0.3) is 0 Å². The Balaban J connectivity index is 2.32. The lowest BCUT2D eigenvalue weighted by molar-refractivity contribution is 0.251. The minimum absolute atomic E-state index is 0.644. The maximum Gasteiger partial charge on any atom is 0.0992 e. The van der Waals surface area contributed by atoms with Crippen molar-refractivity contribution in [3.05, 3.63) is 11.7 Å². The molecule has 0 amide bonds. The predicted octanol–water partition coefficient (Wildman–Crippen LogP) is 1.61. The maximum absolute atomic E-state index is 4.98. The van der Waals surface area contributed by atoms with E-state index in [1.807, 2.05) is 17.2 Å². The molecule has 0 saturated heterocycles. The van der Waals surface area contributed by atoms with E-state index in [9.17, 15) is 0 Å². The van der Waals surface area contributed by atoms with Crippen molar-refractivity contribution in [3.8, 4) is 0 Å². The molecule has 1 rings (SSSR count). The van der Waals surface area contributed by atoms with Crippen molar-refractivity contribution in [1.29, 1.82) is 0 Å². The van der Waals surface area contributed by atoms with E-state index in [0.29, 0.717) is 5.25 Å². The Hall–Kier alpha value is -0.110. The molecule has 0 aromatic carbocycles. The summed E-state index contributed by atoms with van der Waals surface area (Å²) in [7, 11) is 0. The molecule has 1 atom stereocenters. The van der Waals surface area contributed by atoms with Gasteiger partial charge in [0.25, 0.3) is 0 Å². The molecule has 0 aromatic heterocycles. The fraction of sp³-hybridized carbons (Fsp3) is 0.600. The molecule has 0 saturated carbocycles. The highest BCUT2D eigenvalue weighted by molar-refractivity contribution is 8.02. The van der Waals surface area contributed by atoms with Crippen molar-refractivity contribution in [2.75, 3.05) is 6.61 Å². The van der Waals surface area contributed by atoms with E-state index < -0.39 is 0 Å². The third-order valence-corrected chi connectivity index (χ3v) is 1.66. The molecule has 0 spiro atoms. The van der Waals surface area contributed by atoms with Crippen molar-refractivity contribution in [2.45, 2.75) is 12.2 Å². The molecule has 0 radical (unpaired) electrons. The summed E-state index contributed by atoms with van der Waals surface area (Å²) in [4.78, 5) is 0. The SMILES string of the molecule is CC1COC=CS1. The molecule has 1 aliphatic heterocycles. The van der Waals surface area contributed by atoms with Gasteiger partial charge in [-0.05, 0) is 6.92 Å². The van der Waals surface area contributed by atoms with Crippen LogP contribution < -0.4 is 0 Å². The minimum Gasteiger partial charge on any atom is -0.500 e. The van der Waals surface area contributed by atoms with E-state index in [2.05, 4.69) is 6.92 Å². The molecule has 0 N–H and O–H groups in total. The smallest absolute Gasteiger partial charge is 0.0992 e. The fourth-order valence-corrected chi connectivity index (χ4v) is 1.00. The van der Waals surface area contributed by atoms with Crippen molar-refractivity contribution < 1.29 is 4.74 Å². The quantitative estimate of drug-likeness (QED) is 0.475. The number of hydrogen-bond acceptors (Lipinski definition) is 2. The van der Waals surface area contributed by atoms with Gasteiger partial charge in [-0.25, -0.2) is 0 Å². The van der Waals surface area contributed by atoms with Crippen molar-refractivity contribution in [2.24, 2.45) is 0 Å². The van der Waals surface area contributed by atoms with Crippen LogP contribution in [0.4, 0.5) is 0 Å². The first-order valence-electron chi connectivity index (χ1n) is 2.31. The van der Waals surface area contributed by atoms with Crippen LogP contribution in [0.5, 0.6) is 0 Å². The van der Waals surface area contributed by atoms with Gasteiger partial charge in [-0.15, -0.1) is 11.8 Å². The van der Waals surface area contributed by atoms with Crippen LogP contribution in [0.3, 0.4) is 0 Å². The van der Waals surface area contributed by atoms with Gasteiger partial charge in [0.05, 0.1) is 12.9 Å². The molecule has 0 aromatic rings. The highest BCUT2D eigenvalue weighted by atomic mass is 32.2. The Morgan fingerprint density at radius 2 is 2.71 bits per heavy atom. The van der Waals surface area contributed by atoms with Gasteiger partial charge in [0.1, 0.15) is 0 Å². The van der Waals surface area contributed by atoms with Gasteiger partial charge in [-0.1, -0.05) is 0 Å². The van der Waals surface area contributed by atoms with E-state index in [4.69, 9.17) is 4.74 Å². The van der Waals surface area contributed by atoms with Crippen LogP contribution in [0.1, 0.15) is 6.92 Å². The summed E-state index contributed by atoms with van der Waals surface area (Å²) in [5.41, 5.74) is 0. The molecule has 0 aliphatic carbocycles. The van der Waals surface area contributed by atoms with Crippen molar-refractivity contribution in [1.82, 2.24) is 0 Å². The van der Waals surface area contributed by atoms with Gasteiger partial charge in [-0.2, -0.15) is 0 Å². The van der Waals surface area contributed by atoms with Gasteiger partial charge in [0, 0.05) is 10.7 Å². The zero-order valence-electron chi connectivity index (χ0n) is 4.26. The Morgan fingerprint density at radius 1 is 1.86 bits per heavy atom. The average Bonchev–Trinajstić information content (AvgIpc) is 1.69. The summed E-state index contributed by atoms with van der Waals surface area (Å²) >= 11 is 1.81. The van der Waals surface area contributed by atoms with E-state index in [-0.39, 0.29) is 0 Å². The summed E-state index contributed by atoms with van der Waals surface area (Å²) in [5, 5.41) is 2.62. The molecule has 2 heteroatoms. The molecule has 7 heavy (non-hydrogen) atoms. The highest BCUT2D eigenvalue weighted by Gasteiger charge is 2.01. The van der Waals surface area contributed by atoms with E-state index in [1.54, 1.807) is 6.26 Å². The summed E-state index contributed by atoms with van der Waals surface area (Å²) in [6, 6.07) is 0. The maximum atomic E-state index is 4.98. The first kappa shape index (κ1) is 5.04. The van der Waals surface area contributed by atoms with Crippen LogP contribution in [-0.2, 0) is 4.74 Å². The number of ether oxygens (including phenoxy) is 1. The Bertz CT molecular complexity index is 80.1. The second-order valence-electron chi connectivity index (χ2n) is 1.55. The van der Waals surface area contributed by atoms with Gasteiger partial charge < -0.3 is 4.74 Å². The molecule has 1 unspecified atom stereocenters. The summed E-state index contributed by atoms with van der Waals surface area (Å²) < 4.78 is 4.98. The number of rotatable bonds is 0. The van der Waals surface area contributed by atoms with Crippen molar-refractivity contribution in [3.63, 3.8) is 0 Å². The minimum atomic E-state index is 0.644. The van der Waals surface area contributed by atoms with Crippen LogP contribution in [0, 0.1) is 0 Å². The fourth-order valence-electron chi connectivity index (χ4n) is 0.436. The topological polar surface area (TPSA) is 9.23 Å². The lowest BCUT2D eigenvalue weighted by Crippen LogP contribution is -2.06. The summed E-state index contributed by atoms with van der Waals surface area (Å²) in [6.07, 6.45) is 1.74. The highest BCUT2D eigenvalue weighted by Crippen LogP contribution is 2.15. The van der Waals surface area contributed by atoms with Crippen LogP contribution in [0.2, 0.25) is 0 Å². The standard InChI is InChI=1S/C5H8OS/c1-5-4-6-2-3-7-5/h2-3,5H,4H2,1H3. The van der Waals surface area contributed by atoms with E-state index in [0.717, 1.165) is 6.61 Å². The first-order chi connectivity index (χ1) is 3.39. The Morgan fingerprint density at radius 3 is 3.00 bits per heavy atom. The monoisotopic (exact) mass is 116 g/mol. The zero-order valence-corrected chi connectivity index (χ0v) is 5.07. The molecule has 0 bridgehead atoms. The van der Waals surface area contributed by atoms with E-state index in [1.165, 1.54) is 0 Å². The molecule has 1 heterocycles. The zero-order chi connectivity index (χ0) is 5.11. The van der Waals surface area contributed by atoms with Crippen LogP contribution in [-0.4, -0.2) is 11.9 Å². The largest absolute Gasteiger partial charge is 0.500 e. The average molecular weight is 116 g/mol. The van der Waals surface area contributed by atoms with Crippen molar-refractivity contribution >= 4 is 11.8 Å². The Labute approximate surface area is 47.7 Å². The second-order valence-corrected chi connectivity index (χ2v) is 2.90. The molecular formula is C5H8OS. The third-order valence-electron chi connectivity index (χ3n) is 0.794. The Kier molecular flexibility index (Phi) is 1.63. The van der Waals surface area contributed by atoms with Crippen LogP contribution in [0.15, 0.2) is 11.7 Å². The van der Waals surface area contributed by atoms with Gasteiger partial charge in [0.2, 0.25) is 0 Å². The lowest BCUT2D eigenvalue weighted by Gasteiger charge is -2.11. The summed E-state index contributed by atoms with van der Waals surface area (Å²) in [5.74, 6) is 0. The van der Waals surface area contributed by atoms with Crippen LogP contribution >= 0.6 is 11.8 Å². The molecule has 0 fully saturated rings. The van der Waals surface area contributed by atoms with E-state index >= 15 is 0 Å². The summed E-state index contributed by atoms with van der Waals surface area (Å²) in [6.45, 7) is 3.01. The molecular weight excluding hydrogens is 108 g/mol. The third kappa shape index (κ3) is 1.43. The van der Waals surface area contributed by atoms with Gasteiger partial charge in [-0.3, -0.25) is 0 Å². The second kappa shape index (κ2) is 2.26. The predicted molar refractivity (Wildman–Crippen MR) is 32.1 cm³/mol. The molecule has 40 valence electrons. The number of thioether (sulfide) groups is 1. The number of hydrogen-bond donors (Lipinski definition) is 0. The van der Waals surface area contributed by atoms with Gasteiger partial charge in [0.15, 0.2) is 0 Å². The molecule has 1 nitrogen and oxygen atoms in total.